The van der Waals surface area contributed by atoms with E-state index in [4.69, 9.17) is 30.0 Å². The predicted molar refractivity (Wildman–Crippen MR) is 154 cm³/mol. The number of pyridine rings is 1. The zero-order chi connectivity index (χ0) is 27.5. The molecule has 1 aliphatic rings. The molecule has 0 radical (unpaired) electrons. The fourth-order valence-electron chi connectivity index (χ4n) is 5.23. The van der Waals surface area contributed by atoms with Gasteiger partial charge in [-0.3, -0.25) is 0 Å². The van der Waals surface area contributed by atoms with Crippen LogP contribution in [0, 0.1) is 5.92 Å². The molecule has 4 heterocycles. The molecule has 3 aromatic heterocycles. The van der Waals surface area contributed by atoms with Crippen LogP contribution in [-0.4, -0.2) is 58.3 Å². The highest BCUT2D eigenvalue weighted by Gasteiger charge is 2.27. The van der Waals surface area contributed by atoms with Crippen LogP contribution in [0.15, 0.2) is 79.3 Å². The molecule has 0 spiro atoms. The monoisotopic (exact) mass is 537 g/mol. The lowest BCUT2D eigenvalue weighted by molar-refractivity contribution is -0.141. The lowest BCUT2D eigenvalue weighted by atomic mass is 9.96. The number of benzene rings is 2. The van der Waals surface area contributed by atoms with Crippen molar-refractivity contribution in [3.8, 4) is 28.4 Å². The Bertz CT molecular complexity index is 1560. The number of piperidine rings is 1. The van der Waals surface area contributed by atoms with Gasteiger partial charge >= 0.3 is 0 Å². The molecule has 0 saturated carbocycles. The highest BCUT2D eigenvalue weighted by molar-refractivity contribution is 5.98. The summed E-state index contributed by atoms with van der Waals surface area (Å²) >= 11 is 0. The van der Waals surface area contributed by atoms with Crippen LogP contribution in [0.2, 0.25) is 0 Å². The van der Waals surface area contributed by atoms with Crippen molar-refractivity contribution in [1.29, 1.82) is 0 Å². The van der Waals surface area contributed by atoms with Gasteiger partial charge in [0.25, 0.3) is 0 Å². The first-order valence-corrected chi connectivity index (χ1v) is 13.2. The summed E-state index contributed by atoms with van der Waals surface area (Å²) < 4.78 is 18.6. The number of nitrogens with zero attached hydrogens (tertiary/aromatic N) is 6. The quantitative estimate of drug-likeness (QED) is 0.270. The highest BCUT2D eigenvalue weighted by Crippen LogP contribution is 2.33. The number of hydrogen-bond acceptors (Lipinski definition) is 9. The van der Waals surface area contributed by atoms with Crippen LogP contribution in [0.5, 0.6) is 11.5 Å². The van der Waals surface area contributed by atoms with Crippen molar-refractivity contribution in [1.82, 2.24) is 24.7 Å². The molecule has 0 unspecified atom stereocenters. The van der Waals surface area contributed by atoms with Crippen molar-refractivity contribution < 1.29 is 14.2 Å². The van der Waals surface area contributed by atoms with Crippen LogP contribution < -0.4 is 15.4 Å². The third kappa shape index (κ3) is 5.06. The van der Waals surface area contributed by atoms with Gasteiger partial charge in [0, 0.05) is 38.8 Å². The van der Waals surface area contributed by atoms with E-state index in [1.165, 1.54) is 6.33 Å². The molecule has 1 saturated heterocycles. The fourth-order valence-corrected chi connectivity index (χ4v) is 5.23. The van der Waals surface area contributed by atoms with Gasteiger partial charge in [-0.25, -0.2) is 19.6 Å². The molecule has 10 heteroatoms. The maximum absolute atomic E-state index is 6.32. The SMILES string of the molecule is COC(OC)C1CCN(c2ccc(-n3nc(-c4ccc(Oc5ccccc5)cc4)c4c(N)ncnc43)cn2)CC1. The minimum absolute atomic E-state index is 0.165. The number of methoxy groups -OCH3 is 2. The van der Waals surface area contributed by atoms with E-state index >= 15 is 0 Å². The van der Waals surface area contributed by atoms with Crippen molar-refractivity contribution in [2.75, 3.05) is 37.9 Å². The normalized spacial score (nSPS) is 14.2. The van der Waals surface area contributed by atoms with Crippen LogP contribution in [-0.2, 0) is 9.47 Å². The van der Waals surface area contributed by atoms with Crippen molar-refractivity contribution in [2.24, 2.45) is 5.92 Å². The Morgan fingerprint density at radius 2 is 1.57 bits per heavy atom. The Morgan fingerprint density at radius 1 is 0.850 bits per heavy atom. The van der Waals surface area contributed by atoms with Gasteiger partial charge in [0.15, 0.2) is 11.9 Å². The number of aromatic nitrogens is 5. The van der Waals surface area contributed by atoms with E-state index in [0.717, 1.165) is 54.5 Å². The molecule has 5 aromatic rings. The Balaban J connectivity index is 1.25. The van der Waals surface area contributed by atoms with Crippen molar-refractivity contribution >= 4 is 22.7 Å². The minimum atomic E-state index is -0.165. The third-order valence-electron chi connectivity index (χ3n) is 7.29. The summed E-state index contributed by atoms with van der Waals surface area (Å²) in [6.07, 6.45) is 5.07. The first kappa shape index (κ1) is 25.7. The fraction of sp³-hybridized carbons (Fsp3) is 0.267. The average Bonchev–Trinajstić information content (AvgIpc) is 3.40. The second kappa shape index (κ2) is 11.3. The lowest BCUT2D eigenvalue weighted by Crippen LogP contribution is -2.39. The zero-order valence-corrected chi connectivity index (χ0v) is 22.5. The van der Waals surface area contributed by atoms with E-state index in [9.17, 15) is 0 Å². The van der Waals surface area contributed by atoms with Gasteiger partial charge < -0.3 is 24.8 Å². The van der Waals surface area contributed by atoms with Crippen LogP contribution in [0.4, 0.5) is 11.6 Å². The van der Waals surface area contributed by atoms with Crippen LogP contribution in [0.1, 0.15) is 12.8 Å². The summed E-state index contributed by atoms with van der Waals surface area (Å²) in [5.74, 6) is 3.18. The molecule has 1 aliphatic heterocycles. The maximum Gasteiger partial charge on any atom is 0.169 e. The smallest absolute Gasteiger partial charge is 0.169 e. The molecule has 0 atom stereocenters. The molecule has 40 heavy (non-hydrogen) atoms. The zero-order valence-electron chi connectivity index (χ0n) is 22.5. The van der Waals surface area contributed by atoms with Crippen molar-refractivity contribution in [3.05, 3.63) is 79.3 Å². The Kier molecular flexibility index (Phi) is 7.26. The lowest BCUT2D eigenvalue weighted by Gasteiger charge is -2.35. The molecule has 204 valence electrons. The number of ether oxygens (including phenoxy) is 3. The molecule has 0 aliphatic carbocycles. The van der Waals surface area contributed by atoms with Gasteiger partial charge in [-0.1, -0.05) is 18.2 Å². The second-order valence-corrected chi connectivity index (χ2v) is 9.70. The Hall–Kier alpha value is -4.54. The molecule has 0 bridgehead atoms. The van der Waals surface area contributed by atoms with Crippen molar-refractivity contribution in [3.63, 3.8) is 0 Å². The summed E-state index contributed by atoms with van der Waals surface area (Å²) in [7, 11) is 3.39. The number of hydrogen-bond donors (Lipinski definition) is 1. The van der Waals surface area contributed by atoms with E-state index in [1.54, 1.807) is 18.9 Å². The van der Waals surface area contributed by atoms with E-state index in [1.807, 2.05) is 72.9 Å². The van der Waals surface area contributed by atoms with Gasteiger partial charge in [0.05, 0.1) is 17.3 Å². The Morgan fingerprint density at radius 3 is 2.25 bits per heavy atom. The van der Waals surface area contributed by atoms with Gasteiger partial charge in [0.2, 0.25) is 0 Å². The number of anilines is 2. The van der Waals surface area contributed by atoms with Gasteiger partial charge in [0.1, 0.15) is 35.2 Å². The van der Waals surface area contributed by atoms with Crippen LogP contribution in [0.25, 0.3) is 28.0 Å². The molecular weight excluding hydrogens is 506 g/mol. The third-order valence-corrected chi connectivity index (χ3v) is 7.29. The summed E-state index contributed by atoms with van der Waals surface area (Å²) in [4.78, 5) is 15.8. The van der Waals surface area contributed by atoms with Crippen molar-refractivity contribution in [2.45, 2.75) is 19.1 Å². The summed E-state index contributed by atoms with van der Waals surface area (Å²) in [6, 6.07) is 21.4. The number of fused-ring (bicyclic) bond motifs is 1. The molecule has 1 fully saturated rings. The van der Waals surface area contributed by atoms with Crippen LogP contribution >= 0.6 is 0 Å². The van der Waals surface area contributed by atoms with Crippen LogP contribution in [0.3, 0.4) is 0 Å². The summed E-state index contributed by atoms with van der Waals surface area (Å²) in [6.45, 7) is 1.78. The molecule has 2 N–H and O–H groups in total. The number of rotatable bonds is 8. The van der Waals surface area contributed by atoms with Gasteiger partial charge in [-0.2, -0.15) is 5.10 Å². The van der Waals surface area contributed by atoms with E-state index in [0.29, 0.717) is 28.5 Å². The number of nitrogen functional groups attached to an aromatic ring is 1. The summed E-state index contributed by atoms with van der Waals surface area (Å²) in [5.41, 5.74) is 9.30. The van der Waals surface area contributed by atoms with Gasteiger partial charge in [-0.05, 0) is 61.4 Å². The number of nitrogens with two attached hydrogens (primary N) is 1. The average molecular weight is 538 g/mol. The maximum atomic E-state index is 6.32. The van der Waals surface area contributed by atoms with E-state index in [-0.39, 0.29) is 6.29 Å². The molecule has 6 rings (SSSR count). The molecule has 2 aromatic carbocycles. The minimum Gasteiger partial charge on any atom is -0.457 e. The largest absolute Gasteiger partial charge is 0.457 e. The van der Waals surface area contributed by atoms with E-state index < -0.39 is 0 Å². The second-order valence-electron chi connectivity index (χ2n) is 9.70. The van der Waals surface area contributed by atoms with E-state index in [2.05, 4.69) is 14.9 Å². The molecular formula is C30H31N7O3. The predicted octanol–water partition coefficient (Wildman–Crippen LogP) is 5.09. The first-order valence-electron chi connectivity index (χ1n) is 13.2. The molecule has 0 amide bonds. The van der Waals surface area contributed by atoms with Gasteiger partial charge in [-0.15, -0.1) is 0 Å². The molecule has 10 nitrogen and oxygen atoms in total. The first-order chi connectivity index (χ1) is 19.6. The number of para-hydroxylation sites is 1. The Labute approximate surface area is 232 Å². The summed E-state index contributed by atoms with van der Waals surface area (Å²) in [5, 5.41) is 5.60. The highest BCUT2D eigenvalue weighted by atomic mass is 16.7. The topological polar surface area (TPSA) is 113 Å². The standard InChI is InChI=1S/C30H31N7O3/c1-38-30(39-2)21-14-16-36(17-15-21)25-13-10-22(18-32-25)37-29-26(28(31)33-19-34-29)27(35-37)20-8-11-24(12-9-20)40-23-6-4-3-5-7-23/h3-13,18-19,21,30H,14-17H2,1-2H3,(H2,31,33,34).